The Balaban J connectivity index is 1.48. The van der Waals surface area contributed by atoms with Crippen LogP contribution in [-0.2, 0) is 12.8 Å². The first-order chi connectivity index (χ1) is 13.6. The lowest BCUT2D eigenvalue weighted by Crippen LogP contribution is -2.10. The number of rotatable bonds is 6. The average molecular weight is 454 g/mol. The predicted molar refractivity (Wildman–Crippen MR) is 118 cm³/mol. The maximum absolute atomic E-state index is 6.02. The van der Waals surface area contributed by atoms with Crippen LogP contribution in [0, 0.1) is 0 Å². The van der Waals surface area contributed by atoms with Crippen molar-refractivity contribution < 1.29 is 4.74 Å². The Kier molecular flexibility index (Phi) is 5.69. The summed E-state index contributed by atoms with van der Waals surface area (Å²) in [6.07, 6.45) is -0.189. The first-order valence-electron chi connectivity index (χ1n) is 9.03. The normalized spacial score (nSPS) is 12.2. The highest BCUT2D eigenvalue weighted by Crippen LogP contribution is 2.28. The zero-order valence-electron chi connectivity index (χ0n) is 15.7. The smallest absolute Gasteiger partial charge is 0.191 e. The largest absolute Gasteiger partial charge is 0.483 e. The van der Waals surface area contributed by atoms with Crippen LogP contribution < -0.4 is 4.74 Å². The van der Waals surface area contributed by atoms with Crippen molar-refractivity contribution in [3.8, 4) is 5.75 Å². The highest BCUT2D eigenvalue weighted by Gasteiger charge is 2.17. The van der Waals surface area contributed by atoms with E-state index in [2.05, 4.69) is 68.6 Å². The van der Waals surface area contributed by atoms with E-state index in [1.54, 1.807) is 11.8 Å². The molecular weight excluding hydrogens is 434 g/mol. The van der Waals surface area contributed by atoms with E-state index in [0.29, 0.717) is 0 Å². The molecule has 1 unspecified atom stereocenters. The minimum Gasteiger partial charge on any atom is -0.483 e. The van der Waals surface area contributed by atoms with Gasteiger partial charge in [0, 0.05) is 17.3 Å². The van der Waals surface area contributed by atoms with Gasteiger partial charge in [0.25, 0.3) is 0 Å². The number of ether oxygens (including phenoxy) is 1. The lowest BCUT2D eigenvalue weighted by molar-refractivity contribution is 0.211. The Labute approximate surface area is 177 Å². The summed E-state index contributed by atoms with van der Waals surface area (Å²) in [7, 11) is 1.99. The van der Waals surface area contributed by atoms with Crippen LogP contribution in [0.3, 0.4) is 0 Å². The summed E-state index contributed by atoms with van der Waals surface area (Å²) < 4.78 is 9.06. The lowest BCUT2D eigenvalue weighted by atomic mass is 10.1. The Bertz CT molecular complexity index is 1090. The molecule has 0 aliphatic carbocycles. The SMILES string of the molecule is CC(Oc1ccc(Br)cc1)c1nnc(SCc2cccc3ccccc23)n1C. The second kappa shape index (κ2) is 8.37. The lowest BCUT2D eigenvalue weighted by Gasteiger charge is -2.14. The molecule has 0 aliphatic rings. The summed E-state index contributed by atoms with van der Waals surface area (Å²) >= 11 is 5.13. The number of fused-ring (bicyclic) bond motifs is 1. The van der Waals surface area contributed by atoms with Crippen molar-refractivity contribution in [1.82, 2.24) is 14.8 Å². The van der Waals surface area contributed by atoms with E-state index in [1.165, 1.54) is 16.3 Å². The molecule has 28 heavy (non-hydrogen) atoms. The molecule has 3 aromatic carbocycles. The van der Waals surface area contributed by atoms with Crippen molar-refractivity contribution in [3.63, 3.8) is 0 Å². The van der Waals surface area contributed by atoms with Crippen LogP contribution in [-0.4, -0.2) is 14.8 Å². The van der Waals surface area contributed by atoms with Crippen molar-refractivity contribution >= 4 is 38.5 Å². The van der Waals surface area contributed by atoms with Crippen molar-refractivity contribution in [2.24, 2.45) is 7.05 Å². The fourth-order valence-corrected chi connectivity index (χ4v) is 4.32. The number of nitrogens with zero attached hydrogens (tertiary/aromatic N) is 3. The molecule has 0 N–H and O–H groups in total. The number of hydrogen-bond donors (Lipinski definition) is 0. The zero-order valence-corrected chi connectivity index (χ0v) is 18.1. The molecule has 1 aromatic heterocycles. The second-order valence-electron chi connectivity index (χ2n) is 6.54. The molecule has 4 nitrogen and oxygen atoms in total. The third-order valence-corrected chi connectivity index (χ3v) is 6.19. The summed E-state index contributed by atoms with van der Waals surface area (Å²) in [5, 5.41) is 12.2. The van der Waals surface area contributed by atoms with Gasteiger partial charge in [0.1, 0.15) is 5.75 Å². The van der Waals surface area contributed by atoms with Gasteiger partial charge in [-0.2, -0.15) is 0 Å². The molecular formula is C22H20BrN3OS. The van der Waals surface area contributed by atoms with Crippen molar-refractivity contribution in [2.45, 2.75) is 23.9 Å². The maximum Gasteiger partial charge on any atom is 0.191 e. The fourth-order valence-electron chi connectivity index (χ4n) is 3.14. The van der Waals surface area contributed by atoms with Crippen LogP contribution in [0.25, 0.3) is 10.8 Å². The van der Waals surface area contributed by atoms with Crippen LogP contribution in [0.5, 0.6) is 5.75 Å². The fraction of sp³-hybridized carbons (Fsp3) is 0.182. The molecule has 0 saturated heterocycles. The summed E-state index contributed by atoms with van der Waals surface area (Å²) in [6, 6.07) is 22.7. The summed E-state index contributed by atoms with van der Waals surface area (Å²) in [4.78, 5) is 0. The van der Waals surface area contributed by atoms with Crippen LogP contribution in [0.1, 0.15) is 24.4 Å². The molecule has 0 radical (unpaired) electrons. The van der Waals surface area contributed by atoms with E-state index in [4.69, 9.17) is 4.74 Å². The maximum atomic E-state index is 6.02. The molecule has 0 bridgehead atoms. The van der Waals surface area contributed by atoms with Gasteiger partial charge in [0.15, 0.2) is 17.1 Å². The first kappa shape index (κ1) is 19.0. The van der Waals surface area contributed by atoms with E-state index in [1.807, 2.05) is 42.8 Å². The zero-order chi connectivity index (χ0) is 19.5. The van der Waals surface area contributed by atoms with E-state index >= 15 is 0 Å². The second-order valence-corrected chi connectivity index (χ2v) is 8.40. The number of thioether (sulfide) groups is 1. The van der Waals surface area contributed by atoms with E-state index in [-0.39, 0.29) is 6.10 Å². The molecule has 4 aromatic rings. The number of hydrogen-bond acceptors (Lipinski definition) is 4. The van der Waals surface area contributed by atoms with E-state index in [0.717, 1.165) is 27.0 Å². The third kappa shape index (κ3) is 4.08. The summed E-state index contributed by atoms with van der Waals surface area (Å²) in [5.74, 6) is 2.46. The Hall–Kier alpha value is -2.31. The molecule has 0 amide bonds. The number of aromatic nitrogens is 3. The van der Waals surface area contributed by atoms with E-state index < -0.39 is 0 Å². The number of benzene rings is 3. The monoisotopic (exact) mass is 453 g/mol. The first-order valence-corrected chi connectivity index (χ1v) is 10.8. The number of halogens is 1. The van der Waals surface area contributed by atoms with Crippen molar-refractivity contribution in [2.75, 3.05) is 0 Å². The van der Waals surface area contributed by atoms with Gasteiger partial charge in [0.2, 0.25) is 0 Å². The predicted octanol–water partition coefficient (Wildman–Crippen LogP) is 6.16. The summed E-state index contributed by atoms with van der Waals surface area (Å²) in [5.41, 5.74) is 1.30. The third-order valence-electron chi connectivity index (χ3n) is 4.60. The highest BCUT2D eigenvalue weighted by atomic mass is 79.9. The topological polar surface area (TPSA) is 39.9 Å². The van der Waals surface area contributed by atoms with Gasteiger partial charge >= 0.3 is 0 Å². The molecule has 6 heteroatoms. The molecule has 1 heterocycles. The van der Waals surface area contributed by atoms with Crippen LogP contribution in [0.15, 0.2) is 76.4 Å². The standard InChI is InChI=1S/C22H20BrN3OS/c1-15(27-19-12-10-18(23)11-13-19)21-24-25-22(26(21)2)28-14-17-8-5-7-16-6-3-4-9-20(16)17/h3-13,15H,14H2,1-2H3. The van der Waals surface area contributed by atoms with Gasteiger partial charge < -0.3 is 9.30 Å². The quantitative estimate of drug-likeness (QED) is 0.327. The highest BCUT2D eigenvalue weighted by molar-refractivity contribution is 9.10. The van der Waals surface area contributed by atoms with Gasteiger partial charge in [-0.15, -0.1) is 10.2 Å². The average Bonchev–Trinajstić information content (AvgIpc) is 3.08. The van der Waals surface area contributed by atoms with Gasteiger partial charge in [0.05, 0.1) is 0 Å². The molecule has 0 fully saturated rings. The van der Waals surface area contributed by atoms with Crippen molar-refractivity contribution in [1.29, 1.82) is 0 Å². The molecule has 1 atom stereocenters. The van der Waals surface area contributed by atoms with Crippen LogP contribution >= 0.6 is 27.7 Å². The minimum absolute atomic E-state index is 0.189. The summed E-state index contributed by atoms with van der Waals surface area (Å²) in [6.45, 7) is 1.99. The van der Waals surface area contributed by atoms with Crippen LogP contribution in [0.2, 0.25) is 0 Å². The van der Waals surface area contributed by atoms with E-state index in [9.17, 15) is 0 Å². The molecule has 142 valence electrons. The minimum atomic E-state index is -0.189. The Morgan fingerprint density at radius 3 is 2.57 bits per heavy atom. The van der Waals surface area contributed by atoms with Gasteiger partial charge in [-0.25, -0.2) is 0 Å². The van der Waals surface area contributed by atoms with Gasteiger partial charge in [-0.1, -0.05) is 70.2 Å². The molecule has 0 spiro atoms. The van der Waals surface area contributed by atoms with Crippen LogP contribution in [0.4, 0.5) is 0 Å². The molecule has 4 rings (SSSR count). The Morgan fingerprint density at radius 1 is 1.00 bits per heavy atom. The molecule has 0 aliphatic heterocycles. The van der Waals surface area contributed by atoms with Gasteiger partial charge in [-0.05, 0) is 47.5 Å². The van der Waals surface area contributed by atoms with Crippen molar-refractivity contribution in [3.05, 3.63) is 82.6 Å². The Morgan fingerprint density at radius 2 is 1.75 bits per heavy atom. The molecule has 0 saturated carbocycles. The van der Waals surface area contributed by atoms with Gasteiger partial charge in [-0.3, -0.25) is 0 Å².